The third-order valence-electron chi connectivity index (χ3n) is 2.14. The summed E-state index contributed by atoms with van der Waals surface area (Å²) >= 11 is 1.52. The predicted molar refractivity (Wildman–Crippen MR) is 59.1 cm³/mol. The summed E-state index contributed by atoms with van der Waals surface area (Å²) in [6.07, 6.45) is 6.18. The number of nitrogens with two attached hydrogens (primary N) is 1. The van der Waals surface area contributed by atoms with Crippen LogP contribution in [0.2, 0.25) is 0 Å². The molecule has 7 heteroatoms. The molecule has 82 valence electrons. The average Bonchev–Trinajstić information content (AvgIpc) is 2.88. The van der Waals surface area contributed by atoms with E-state index in [-0.39, 0.29) is 0 Å². The molecule has 3 aromatic heterocycles. The van der Waals surface area contributed by atoms with Gasteiger partial charge in [-0.1, -0.05) is 16.5 Å². The summed E-state index contributed by atoms with van der Waals surface area (Å²) in [6.45, 7) is 0.509. The highest BCUT2D eigenvalue weighted by Crippen LogP contribution is 2.25. The molecule has 2 N–H and O–H groups in total. The number of fused-ring (bicyclic) bond motifs is 1. The van der Waals surface area contributed by atoms with Crippen molar-refractivity contribution in [1.29, 1.82) is 0 Å². The fourth-order valence-electron chi connectivity index (χ4n) is 1.41. The molecule has 6 nitrogen and oxygen atoms in total. The molecule has 0 amide bonds. The molecule has 0 saturated carbocycles. The summed E-state index contributed by atoms with van der Waals surface area (Å²) < 4.78 is 7.00. The summed E-state index contributed by atoms with van der Waals surface area (Å²) in [6, 6.07) is 0. The largest absolute Gasteiger partial charge is 0.339 e. The Bertz CT molecular complexity index is 582. The van der Waals surface area contributed by atoms with Crippen molar-refractivity contribution in [3.63, 3.8) is 0 Å². The Kier molecular flexibility index (Phi) is 2.19. The zero-order valence-corrected chi connectivity index (χ0v) is 9.15. The standard InChI is InChI=1S/C9H9N5OS/c10-2-1-7-12-8(13-15-7)6-5-14-4-3-11-9(14)16-6/h3-5H,1-2,10H2. The van der Waals surface area contributed by atoms with Crippen molar-refractivity contribution in [2.24, 2.45) is 5.73 Å². The minimum absolute atomic E-state index is 0.509. The highest BCUT2D eigenvalue weighted by Gasteiger charge is 2.11. The van der Waals surface area contributed by atoms with Crippen LogP contribution in [0.15, 0.2) is 23.1 Å². The van der Waals surface area contributed by atoms with E-state index < -0.39 is 0 Å². The molecule has 0 bridgehead atoms. The molecule has 0 atom stereocenters. The van der Waals surface area contributed by atoms with Crippen LogP contribution in [0.3, 0.4) is 0 Å². The molecule has 0 aliphatic carbocycles. The van der Waals surface area contributed by atoms with Gasteiger partial charge in [0.25, 0.3) is 0 Å². The number of aromatic nitrogens is 4. The normalized spacial score (nSPS) is 11.3. The number of thiazole rings is 1. The van der Waals surface area contributed by atoms with Gasteiger partial charge in [-0.2, -0.15) is 4.98 Å². The van der Waals surface area contributed by atoms with Crippen molar-refractivity contribution in [3.05, 3.63) is 24.5 Å². The van der Waals surface area contributed by atoms with Crippen LogP contribution in [-0.2, 0) is 6.42 Å². The number of hydrogen-bond donors (Lipinski definition) is 1. The van der Waals surface area contributed by atoms with Crippen LogP contribution in [0, 0.1) is 0 Å². The average molecular weight is 235 g/mol. The van der Waals surface area contributed by atoms with E-state index in [0.717, 1.165) is 9.84 Å². The topological polar surface area (TPSA) is 82.2 Å². The predicted octanol–water partition coefficient (Wildman–Crippen LogP) is 0.947. The second kappa shape index (κ2) is 3.69. The maximum absolute atomic E-state index is 5.41. The molecule has 3 heterocycles. The fraction of sp³-hybridized carbons (Fsp3) is 0.222. The first-order chi connectivity index (χ1) is 7.86. The third-order valence-corrected chi connectivity index (χ3v) is 3.14. The van der Waals surface area contributed by atoms with E-state index in [2.05, 4.69) is 15.1 Å². The minimum Gasteiger partial charge on any atom is -0.339 e. The van der Waals surface area contributed by atoms with Crippen molar-refractivity contribution in [3.8, 4) is 10.7 Å². The lowest BCUT2D eigenvalue weighted by Gasteiger charge is -1.84. The molecule has 0 aromatic carbocycles. The van der Waals surface area contributed by atoms with Crippen LogP contribution in [0.25, 0.3) is 15.7 Å². The van der Waals surface area contributed by atoms with E-state index in [0.29, 0.717) is 24.7 Å². The van der Waals surface area contributed by atoms with Crippen molar-refractivity contribution >= 4 is 16.3 Å². The molecule has 0 aliphatic heterocycles. The zero-order chi connectivity index (χ0) is 11.0. The SMILES string of the molecule is NCCc1nc(-c2cn3ccnc3s2)no1. The Balaban J connectivity index is 1.98. The molecule has 0 spiro atoms. The molecular weight excluding hydrogens is 226 g/mol. The molecule has 3 rings (SSSR count). The highest BCUT2D eigenvalue weighted by atomic mass is 32.1. The van der Waals surface area contributed by atoms with Crippen LogP contribution >= 0.6 is 11.3 Å². The summed E-state index contributed by atoms with van der Waals surface area (Å²) in [4.78, 5) is 10.3. The summed E-state index contributed by atoms with van der Waals surface area (Å²) in [5.41, 5.74) is 5.41. The van der Waals surface area contributed by atoms with Crippen molar-refractivity contribution in [1.82, 2.24) is 19.5 Å². The monoisotopic (exact) mass is 235 g/mol. The molecular formula is C9H9N5OS. The summed E-state index contributed by atoms with van der Waals surface area (Å²) in [7, 11) is 0. The van der Waals surface area contributed by atoms with E-state index in [4.69, 9.17) is 10.3 Å². The number of imidazole rings is 1. The smallest absolute Gasteiger partial charge is 0.228 e. The lowest BCUT2D eigenvalue weighted by atomic mass is 10.4. The van der Waals surface area contributed by atoms with Gasteiger partial charge in [0.2, 0.25) is 11.7 Å². The van der Waals surface area contributed by atoms with Gasteiger partial charge >= 0.3 is 0 Å². The van der Waals surface area contributed by atoms with E-state index in [1.807, 2.05) is 16.8 Å². The first-order valence-corrected chi connectivity index (χ1v) is 5.64. The van der Waals surface area contributed by atoms with E-state index in [1.165, 1.54) is 11.3 Å². The van der Waals surface area contributed by atoms with Crippen LogP contribution in [-0.4, -0.2) is 26.1 Å². The Hall–Kier alpha value is -1.73. The fourth-order valence-corrected chi connectivity index (χ4v) is 2.28. The second-order valence-electron chi connectivity index (χ2n) is 3.26. The van der Waals surface area contributed by atoms with Gasteiger partial charge in [0, 0.05) is 31.6 Å². The van der Waals surface area contributed by atoms with Crippen LogP contribution < -0.4 is 5.73 Å². The van der Waals surface area contributed by atoms with Crippen LogP contribution in [0.4, 0.5) is 0 Å². The van der Waals surface area contributed by atoms with E-state index >= 15 is 0 Å². The Morgan fingerprint density at radius 3 is 3.25 bits per heavy atom. The van der Waals surface area contributed by atoms with Crippen molar-refractivity contribution in [2.45, 2.75) is 6.42 Å². The minimum atomic E-state index is 0.509. The van der Waals surface area contributed by atoms with E-state index in [9.17, 15) is 0 Å². The lowest BCUT2D eigenvalue weighted by Crippen LogP contribution is -2.02. The Morgan fingerprint density at radius 2 is 2.44 bits per heavy atom. The molecule has 0 saturated heterocycles. The number of nitrogens with zero attached hydrogens (tertiary/aromatic N) is 4. The zero-order valence-electron chi connectivity index (χ0n) is 8.33. The maximum Gasteiger partial charge on any atom is 0.228 e. The van der Waals surface area contributed by atoms with Gasteiger partial charge in [0.15, 0.2) is 4.96 Å². The third kappa shape index (κ3) is 1.50. The highest BCUT2D eigenvalue weighted by molar-refractivity contribution is 7.20. The molecule has 0 aliphatic rings. The first-order valence-electron chi connectivity index (χ1n) is 4.82. The Morgan fingerprint density at radius 1 is 1.50 bits per heavy atom. The van der Waals surface area contributed by atoms with Gasteiger partial charge < -0.3 is 10.3 Å². The van der Waals surface area contributed by atoms with Crippen molar-refractivity contribution < 1.29 is 4.52 Å². The first kappa shape index (κ1) is 9.49. The van der Waals surface area contributed by atoms with Gasteiger partial charge in [0.05, 0.1) is 4.88 Å². The van der Waals surface area contributed by atoms with Crippen molar-refractivity contribution in [2.75, 3.05) is 6.54 Å². The molecule has 0 radical (unpaired) electrons. The van der Waals surface area contributed by atoms with Gasteiger partial charge in [-0.05, 0) is 0 Å². The van der Waals surface area contributed by atoms with Gasteiger partial charge in [-0.25, -0.2) is 4.98 Å². The Labute approximate surface area is 94.7 Å². The van der Waals surface area contributed by atoms with Gasteiger partial charge in [0.1, 0.15) is 0 Å². The van der Waals surface area contributed by atoms with Gasteiger partial charge in [-0.15, -0.1) is 0 Å². The maximum atomic E-state index is 5.41. The quantitative estimate of drug-likeness (QED) is 0.730. The van der Waals surface area contributed by atoms with Crippen LogP contribution in [0.5, 0.6) is 0 Å². The molecule has 0 fully saturated rings. The van der Waals surface area contributed by atoms with Crippen LogP contribution in [0.1, 0.15) is 5.89 Å². The number of rotatable bonds is 3. The van der Waals surface area contributed by atoms with E-state index in [1.54, 1.807) is 6.20 Å². The van der Waals surface area contributed by atoms with Gasteiger partial charge in [-0.3, -0.25) is 4.40 Å². The summed E-state index contributed by atoms with van der Waals surface area (Å²) in [5.74, 6) is 1.17. The number of hydrogen-bond acceptors (Lipinski definition) is 6. The lowest BCUT2D eigenvalue weighted by molar-refractivity contribution is 0.380. The molecule has 16 heavy (non-hydrogen) atoms. The molecule has 3 aromatic rings. The molecule has 0 unspecified atom stereocenters. The second-order valence-corrected chi connectivity index (χ2v) is 4.27. The summed E-state index contributed by atoms with van der Waals surface area (Å²) in [5, 5.41) is 3.91.